The molecule has 0 aliphatic rings. The molecule has 0 saturated carbocycles. The van der Waals surface area contributed by atoms with Gasteiger partial charge in [0.25, 0.3) is 0 Å². The minimum absolute atomic E-state index is 0.0220. The number of methoxy groups -OCH3 is 1. The second-order valence-electron chi connectivity index (χ2n) is 3.80. The van der Waals surface area contributed by atoms with Gasteiger partial charge in [0.1, 0.15) is 6.10 Å². The van der Waals surface area contributed by atoms with Crippen molar-refractivity contribution in [1.82, 2.24) is 0 Å². The molecule has 2 N–H and O–H groups in total. The number of hydrogen-bond acceptors (Lipinski definition) is 4. The zero-order chi connectivity index (χ0) is 14.0. The van der Waals surface area contributed by atoms with Crippen LogP contribution in [0, 0.1) is 5.82 Å². The van der Waals surface area contributed by atoms with Gasteiger partial charge >= 0.3 is 5.97 Å². The molecule has 0 amide bonds. The third-order valence-corrected chi connectivity index (χ3v) is 3.63. The highest BCUT2D eigenvalue weighted by Gasteiger charge is 2.21. The number of ether oxygens (including phenoxy) is 1. The number of aliphatic hydroxyl groups is 1. The van der Waals surface area contributed by atoms with E-state index in [-0.39, 0.29) is 21.8 Å². The summed E-state index contributed by atoms with van der Waals surface area (Å²) in [6.45, 7) is 0. The second kappa shape index (κ2) is 5.38. The lowest BCUT2D eigenvalue weighted by molar-refractivity contribution is 0.0692. The molecule has 0 radical (unpaired) electrons. The molecule has 1 aromatic heterocycles. The van der Waals surface area contributed by atoms with Gasteiger partial charge in [0.05, 0.1) is 17.6 Å². The monoisotopic (exact) mass is 282 g/mol. The highest BCUT2D eigenvalue weighted by molar-refractivity contribution is 7.10. The number of carboxylic acids is 1. The third kappa shape index (κ3) is 2.59. The van der Waals surface area contributed by atoms with Crippen LogP contribution >= 0.6 is 11.3 Å². The Labute approximate surface area is 112 Å². The van der Waals surface area contributed by atoms with E-state index in [1.165, 1.54) is 25.3 Å². The summed E-state index contributed by atoms with van der Waals surface area (Å²) in [6.07, 6.45) is -1.17. The fraction of sp³-hybridized carbons (Fsp3) is 0.154. The van der Waals surface area contributed by atoms with Crippen molar-refractivity contribution in [2.45, 2.75) is 6.10 Å². The van der Waals surface area contributed by atoms with Gasteiger partial charge in [-0.3, -0.25) is 0 Å². The van der Waals surface area contributed by atoms with Gasteiger partial charge in [0.15, 0.2) is 11.6 Å². The van der Waals surface area contributed by atoms with Crippen molar-refractivity contribution in [3.8, 4) is 5.75 Å². The molecule has 0 aliphatic carbocycles. The highest BCUT2D eigenvalue weighted by atomic mass is 32.1. The van der Waals surface area contributed by atoms with Crippen LogP contribution in [0.3, 0.4) is 0 Å². The van der Waals surface area contributed by atoms with Crippen LogP contribution in [0.15, 0.2) is 29.6 Å². The van der Waals surface area contributed by atoms with E-state index in [0.29, 0.717) is 0 Å². The molecular formula is C13H11FO4S. The fourth-order valence-electron chi connectivity index (χ4n) is 1.71. The summed E-state index contributed by atoms with van der Waals surface area (Å²) >= 11 is 1.11. The van der Waals surface area contributed by atoms with Gasteiger partial charge in [-0.25, -0.2) is 9.18 Å². The van der Waals surface area contributed by atoms with Crippen molar-refractivity contribution < 1.29 is 24.1 Å². The van der Waals surface area contributed by atoms with Crippen LogP contribution in [0.5, 0.6) is 5.75 Å². The minimum atomic E-state index is -1.17. The molecular weight excluding hydrogens is 271 g/mol. The zero-order valence-corrected chi connectivity index (χ0v) is 10.8. The molecule has 0 saturated heterocycles. The van der Waals surface area contributed by atoms with Crippen LogP contribution in [-0.4, -0.2) is 23.3 Å². The summed E-state index contributed by atoms with van der Waals surface area (Å²) in [5.41, 5.74) is 0.303. The number of benzene rings is 1. The maximum absolute atomic E-state index is 13.6. The van der Waals surface area contributed by atoms with Gasteiger partial charge in [-0.15, -0.1) is 11.3 Å². The summed E-state index contributed by atoms with van der Waals surface area (Å²) in [4.78, 5) is 11.3. The number of carboxylic acid groups (broad SMARTS) is 1. The summed E-state index contributed by atoms with van der Waals surface area (Å²) in [5, 5.41) is 20.7. The standard InChI is InChI=1S/C13H11FO4S/c1-18-10-3-2-7(6-9(10)14)11(15)12-8(13(16)17)4-5-19-12/h2-6,11,15H,1H3,(H,16,17). The Kier molecular flexibility index (Phi) is 3.82. The highest BCUT2D eigenvalue weighted by Crippen LogP contribution is 2.31. The molecule has 19 heavy (non-hydrogen) atoms. The lowest BCUT2D eigenvalue weighted by Gasteiger charge is -2.11. The molecule has 0 aliphatic heterocycles. The largest absolute Gasteiger partial charge is 0.494 e. The molecule has 1 heterocycles. The number of thiophene rings is 1. The Balaban J connectivity index is 2.38. The van der Waals surface area contributed by atoms with Crippen LogP contribution in [-0.2, 0) is 0 Å². The Hall–Kier alpha value is -1.92. The van der Waals surface area contributed by atoms with Crippen LogP contribution in [0.1, 0.15) is 26.9 Å². The molecule has 2 aromatic rings. The predicted molar refractivity (Wildman–Crippen MR) is 68.3 cm³/mol. The predicted octanol–water partition coefficient (Wildman–Crippen LogP) is 2.68. The quantitative estimate of drug-likeness (QED) is 0.904. The first-order valence-electron chi connectivity index (χ1n) is 5.36. The van der Waals surface area contributed by atoms with Crippen molar-refractivity contribution in [1.29, 1.82) is 0 Å². The van der Waals surface area contributed by atoms with E-state index in [1.54, 1.807) is 5.38 Å². The summed E-state index contributed by atoms with van der Waals surface area (Å²) in [6, 6.07) is 5.43. The van der Waals surface area contributed by atoms with Gasteiger partial charge < -0.3 is 14.9 Å². The molecule has 1 atom stereocenters. The van der Waals surface area contributed by atoms with E-state index in [4.69, 9.17) is 9.84 Å². The number of carbonyl (C=O) groups is 1. The fourth-order valence-corrected chi connectivity index (χ4v) is 2.61. The first-order valence-corrected chi connectivity index (χ1v) is 6.24. The lowest BCUT2D eigenvalue weighted by atomic mass is 10.0. The van der Waals surface area contributed by atoms with E-state index >= 15 is 0 Å². The molecule has 100 valence electrons. The van der Waals surface area contributed by atoms with E-state index in [1.807, 2.05) is 0 Å². The van der Waals surface area contributed by atoms with Gasteiger partial charge in [0, 0.05) is 0 Å². The summed E-state index contributed by atoms with van der Waals surface area (Å²) in [5.74, 6) is -1.66. The van der Waals surface area contributed by atoms with Gasteiger partial charge in [-0.1, -0.05) is 6.07 Å². The molecule has 0 bridgehead atoms. The number of rotatable bonds is 4. The maximum atomic E-state index is 13.6. The van der Waals surface area contributed by atoms with E-state index < -0.39 is 17.9 Å². The Morgan fingerprint density at radius 3 is 2.74 bits per heavy atom. The van der Waals surface area contributed by atoms with Crippen molar-refractivity contribution in [3.63, 3.8) is 0 Å². The van der Waals surface area contributed by atoms with Crippen molar-refractivity contribution in [3.05, 3.63) is 51.5 Å². The summed E-state index contributed by atoms with van der Waals surface area (Å²) < 4.78 is 18.3. The molecule has 1 aromatic carbocycles. The van der Waals surface area contributed by atoms with Crippen LogP contribution < -0.4 is 4.74 Å². The average Bonchev–Trinajstić information content (AvgIpc) is 2.87. The van der Waals surface area contributed by atoms with Crippen LogP contribution in [0.2, 0.25) is 0 Å². The Morgan fingerprint density at radius 2 is 2.16 bits per heavy atom. The van der Waals surface area contributed by atoms with Gasteiger partial charge in [0.2, 0.25) is 0 Å². The lowest BCUT2D eigenvalue weighted by Crippen LogP contribution is -2.05. The number of aliphatic hydroxyl groups excluding tert-OH is 1. The first-order chi connectivity index (χ1) is 9.04. The van der Waals surface area contributed by atoms with Crippen LogP contribution in [0.25, 0.3) is 0 Å². The van der Waals surface area contributed by atoms with Crippen molar-refractivity contribution in [2.75, 3.05) is 7.11 Å². The Bertz CT molecular complexity index is 608. The minimum Gasteiger partial charge on any atom is -0.494 e. The third-order valence-electron chi connectivity index (χ3n) is 2.67. The van der Waals surface area contributed by atoms with E-state index in [2.05, 4.69) is 0 Å². The van der Waals surface area contributed by atoms with Gasteiger partial charge in [-0.05, 0) is 29.1 Å². The topological polar surface area (TPSA) is 66.8 Å². The molecule has 6 heteroatoms. The molecule has 2 rings (SSSR count). The van der Waals surface area contributed by atoms with Crippen LogP contribution in [0.4, 0.5) is 4.39 Å². The Morgan fingerprint density at radius 1 is 1.42 bits per heavy atom. The van der Waals surface area contributed by atoms with Gasteiger partial charge in [-0.2, -0.15) is 0 Å². The van der Waals surface area contributed by atoms with E-state index in [0.717, 1.165) is 17.4 Å². The van der Waals surface area contributed by atoms with Crippen molar-refractivity contribution >= 4 is 17.3 Å². The molecule has 0 spiro atoms. The molecule has 0 fully saturated rings. The number of aromatic carboxylic acids is 1. The normalized spacial score (nSPS) is 12.2. The zero-order valence-electron chi connectivity index (χ0n) is 9.96. The summed E-state index contributed by atoms with van der Waals surface area (Å²) in [7, 11) is 1.34. The molecule has 1 unspecified atom stereocenters. The maximum Gasteiger partial charge on any atom is 0.336 e. The van der Waals surface area contributed by atoms with Crippen molar-refractivity contribution in [2.24, 2.45) is 0 Å². The molecule has 4 nitrogen and oxygen atoms in total. The first kappa shape index (κ1) is 13.5. The number of halogens is 1. The second-order valence-corrected chi connectivity index (χ2v) is 4.75. The smallest absolute Gasteiger partial charge is 0.336 e. The number of hydrogen-bond donors (Lipinski definition) is 2. The van der Waals surface area contributed by atoms with E-state index in [9.17, 15) is 14.3 Å². The SMILES string of the molecule is COc1ccc(C(O)c2sccc2C(=O)O)cc1F. The average molecular weight is 282 g/mol.